The molecule has 0 spiro atoms. The van der Waals surface area contributed by atoms with Gasteiger partial charge in [-0.2, -0.15) is 5.26 Å². The molecular formula is C25H26N10O3. The molecule has 1 saturated heterocycles. The number of fused-ring (bicyclic) bond motifs is 2. The van der Waals surface area contributed by atoms with Crippen molar-refractivity contribution in [1.82, 2.24) is 33.6 Å². The van der Waals surface area contributed by atoms with Crippen molar-refractivity contribution in [3.8, 4) is 17.3 Å². The molecule has 6 rings (SSSR count). The van der Waals surface area contributed by atoms with E-state index in [1.807, 2.05) is 18.2 Å². The summed E-state index contributed by atoms with van der Waals surface area (Å²) in [6.07, 6.45) is 6.44. The minimum Gasteiger partial charge on any atom is -0.372 e. The quantitative estimate of drug-likeness (QED) is 0.336. The van der Waals surface area contributed by atoms with E-state index in [0.29, 0.717) is 11.5 Å². The molecule has 3 unspecified atom stereocenters. The van der Waals surface area contributed by atoms with Gasteiger partial charge in [-0.1, -0.05) is 0 Å². The van der Waals surface area contributed by atoms with Crippen LogP contribution in [0.15, 0.2) is 46.6 Å². The van der Waals surface area contributed by atoms with Gasteiger partial charge in [-0.25, -0.2) is 24.3 Å². The zero-order valence-corrected chi connectivity index (χ0v) is 20.9. The number of nitrogens with zero attached hydrogens (tertiary/aromatic N) is 9. The molecule has 194 valence electrons. The summed E-state index contributed by atoms with van der Waals surface area (Å²) in [6, 6.07) is 5.11. The van der Waals surface area contributed by atoms with Gasteiger partial charge in [0.05, 0.1) is 36.5 Å². The SMILES string of the molecule is C[C@@H](C(O)Nc1cncc(-c2ccc(N3CC4CC4C3)nc2)n1)n1cnc2c1c(=O)n(CC#N)c(=O)n2C. The number of aliphatic hydroxyl groups is 1. The predicted octanol–water partition coefficient (Wildman–Crippen LogP) is 0.720. The lowest BCUT2D eigenvalue weighted by Crippen LogP contribution is -2.40. The van der Waals surface area contributed by atoms with Crippen molar-refractivity contribution in [1.29, 1.82) is 5.26 Å². The van der Waals surface area contributed by atoms with Gasteiger partial charge >= 0.3 is 5.69 Å². The fourth-order valence-electron chi connectivity index (χ4n) is 5.12. The lowest BCUT2D eigenvalue weighted by molar-refractivity contribution is 0.148. The monoisotopic (exact) mass is 514 g/mol. The second-order valence-electron chi connectivity index (χ2n) is 9.90. The Bertz CT molecular complexity index is 1670. The number of anilines is 2. The zero-order chi connectivity index (χ0) is 26.6. The van der Waals surface area contributed by atoms with Gasteiger partial charge in [0.1, 0.15) is 24.4 Å². The number of imidazole rings is 1. The highest BCUT2D eigenvalue weighted by atomic mass is 16.3. The normalized spacial score (nSPS) is 19.7. The number of rotatable bonds is 7. The molecule has 5 heterocycles. The van der Waals surface area contributed by atoms with Gasteiger partial charge in [0, 0.05) is 31.9 Å². The van der Waals surface area contributed by atoms with Crippen molar-refractivity contribution in [3.63, 3.8) is 0 Å². The van der Waals surface area contributed by atoms with Crippen LogP contribution in [0, 0.1) is 23.2 Å². The van der Waals surface area contributed by atoms with Gasteiger partial charge < -0.3 is 19.9 Å². The van der Waals surface area contributed by atoms with Crippen LogP contribution in [0.1, 0.15) is 19.4 Å². The molecule has 4 aromatic rings. The first kappa shape index (κ1) is 23.8. The average molecular weight is 515 g/mol. The van der Waals surface area contributed by atoms with Gasteiger partial charge in [0.2, 0.25) is 0 Å². The van der Waals surface area contributed by atoms with E-state index in [1.165, 1.54) is 35.1 Å². The molecule has 1 aliphatic carbocycles. The minimum atomic E-state index is -1.18. The molecule has 0 radical (unpaired) electrons. The Kier molecular flexibility index (Phi) is 5.68. The Morgan fingerprint density at radius 1 is 1.18 bits per heavy atom. The summed E-state index contributed by atoms with van der Waals surface area (Å²) in [4.78, 5) is 45.4. The molecule has 0 bridgehead atoms. The van der Waals surface area contributed by atoms with Crippen LogP contribution in [0.2, 0.25) is 0 Å². The minimum absolute atomic E-state index is 0.108. The van der Waals surface area contributed by atoms with Crippen molar-refractivity contribution >= 4 is 22.8 Å². The maximum Gasteiger partial charge on any atom is 0.333 e. The summed E-state index contributed by atoms with van der Waals surface area (Å²) in [6.45, 7) is 3.45. The maximum absolute atomic E-state index is 13.0. The van der Waals surface area contributed by atoms with E-state index in [4.69, 9.17) is 5.26 Å². The van der Waals surface area contributed by atoms with E-state index in [9.17, 15) is 14.7 Å². The Labute approximate surface area is 216 Å². The molecule has 2 N–H and O–H groups in total. The van der Waals surface area contributed by atoms with Crippen molar-refractivity contribution < 1.29 is 5.11 Å². The first-order valence-corrected chi connectivity index (χ1v) is 12.4. The van der Waals surface area contributed by atoms with E-state index in [-0.39, 0.29) is 17.7 Å². The van der Waals surface area contributed by atoms with Crippen LogP contribution in [0.25, 0.3) is 22.4 Å². The number of piperidine rings is 1. The maximum atomic E-state index is 13.0. The summed E-state index contributed by atoms with van der Waals surface area (Å²) in [5.41, 5.74) is 0.392. The van der Waals surface area contributed by atoms with Crippen LogP contribution in [0.3, 0.4) is 0 Å². The third-order valence-electron chi connectivity index (χ3n) is 7.46. The number of nitriles is 1. The molecule has 2 fully saturated rings. The first-order chi connectivity index (χ1) is 18.4. The number of hydrogen-bond donors (Lipinski definition) is 2. The van der Waals surface area contributed by atoms with Crippen LogP contribution in [0.5, 0.6) is 0 Å². The van der Waals surface area contributed by atoms with Crippen LogP contribution < -0.4 is 21.5 Å². The fraction of sp³-hybridized carbons (Fsp3) is 0.400. The topological polar surface area (TPSA) is 160 Å². The summed E-state index contributed by atoms with van der Waals surface area (Å²) in [5.74, 6) is 2.95. The molecular weight excluding hydrogens is 488 g/mol. The van der Waals surface area contributed by atoms with Crippen molar-refractivity contribution in [2.45, 2.75) is 32.2 Å². The fourth-order valence-corrected chi connectivity index (χ4v) is 5.12. The Morgan fingerprint density at radius 2 is 1.97 bits per heavy atom. The lowest BCUT2D eigenvalue weighted by Gasteiger charge is -2.22. The molecule has 38 heavy (non-hydrogen) atoms. The van der Waals surface area contributed by atoms with E-state index >= 15 is 0 Å². The molecule has 13 nitrogen and oxygen atoms in total. The number of aromatic nitrogens is 7. The zero-order valence-electron chi connectivity index (χ0n) is 20.9. The smallest absolute Gasteiger partial charge is 0.333 e. The Balaban J connectivity index is 1.22. The number of pyridine rings is 1. The van der Waals surface area contributed by atoms with E-state index in [1.54, 1.807) is 19.3 Å². The molecule has 4 atom stereocenters. The molecule has 1 aliphatic heterocycles. The predicted molar refractivity (Wildman–Crippen MR) is 138 cm³/mol. The van der Waals surface area contributed by atoms with Crippen LogP contribution in [0.4, 0.5) is 11.6 Å². The molecule has 0 aromatic carbocycles. The average Bonchev–Trinajstić information content (AvgIpc) is 3.32. The summed E-state index contributed by atoms with van der Waals surface area (Å²) in [7, 11) is 1.48. The van der Waals surface area contributed by atoms with Gasteiger partial charge in [0.25, 0.3) is 5.56 Å². The third-order valence-corrected chi connectivity index (χ3v) is 7.46. The molecule has 0 amide bonds. The third kappa shape index (κ3) is 3.99. The van der Waals surface area contributed by atoms with Crippen LogP contribution >= 0.6 is 0 Å². The van der Waals surface area contributed by atoms with Gasteiger partial charge in [-0.3, -0.25) is 14.3 Å². The van der Waals surface area contributed by atoms with E-state index < -0.39 is 23.5 Å². The Hall–Kier alpha value is -4.57. The van der Waals surface area contributed by atoms with E-state index in [2.05, 4.69) is 30.2 Å². The highest BCUT2D eigenvalue weighted by Crippen LogP contribution is 2.45. The van der Waals surface area contributed by atoms with Gasteiger partial charge in [-0.05, 0) is 37.3 Å². The van der Waals surface area contributed by atoms with Crippen LogP contribution in [-0.4, -0.2) is 58.1 Å². The molecule has 2 aliphatic rings. The van der Waals surface area contributed by atoms with Gasteiger partial charge in [-0.15, -0.1) is 0 Å². The molecule has 13 heteroatoms. The summed E-state index contributed by atoms with van der Waals surface area (Å²) >= 11 is 0. The summed E-state index contributed by atoms with van der Waals surface area (Å²) in [5, 5.41) is 22.9. The number of aryl methyl sites for hydroxylation is 1. The highest BCUT2D eigenvalue weighted by Gasteiger charge is 2.45. The lowest BCUT2D eigenvalue weighted by atomic mass is 10.2. The first-order valence-electron chi connectivity index (χ1n) is 12.4. The summed E-state index contributed by atoms with van der Waals surface area (Å²) < 4.78 is 3.52. The van der Waals surface area contributed by atoms with Crippen molar-refractivity contribution in [2.24, 2.45) is 18.9 Å². The Morgan fingerprint density at radius 3 is 2.68 bits per heavy atom. The van der Waals surface area contributed by atoms with Crippen molar-refractivity contribution in [3.05, 3.63) is 57.9 Å². The molecule has 4 aromatic heterocycles. The highest BCUT2D eigenvalue weighted by molar-refractivity contribution is 5.70. The second kappa shape index (κ2) is 9.07. The largest absolute Gasteiger partial charge is 0.372 e. The molecule has 1 saturated carbocycles. The standard InChI is InChI=1S/C25H26N10O3/c1-14(35-13-29-22-21(35)24(37)34(6-5-26)25(38)32(22)2)23(36)31-19-10-27-9-18(30-19)15-3-4-20(28-8-15)33-11-16-7-17(16)12-33/h3-4,8-10,13-14,16-17,23,36H,6-7,11-12H2,1-2H3,(H,30,31)/t14-,16?,17?,23?/m0/s1. The van der Waals surface area contributed by atoms with Crippen molar-refractivity contribution in [2.75, 3.05) is 23.3 Å². The van der Waals surface area contributed by atoms with Gasteiger partial charge in [0.15, 0.2) is 11.2 Å². The second-order valence-corrected chi connectivity index (χ2v) is 9.90. The van der Waals surface area contributed by atoms with E-state index in [0.717, 1.165) is 40.9 Å². The number of aliphatic hydroxyl groups excluding tert-OH is 1. The van der Waals surface area contributed by atoms with Crippen LogP contribution in [-0.2, 0) is 13.6 Å². The number of hydrogen-bond acceptors (Lipinski definition) is 10. The number of nitrogens with one attached hydrogen (secondary N) is 1.